The highest BCUT2D eigenvalue weighted by atomic mass is 32.2. The minimum atomic E-state index is -3.64. The van der Waals surface area contributed by atoms with Gasteiger partial charge >= 0.3 is 5.97 Å². The van der Waals surface area contributed by atoms with Crippen molar-refractivity contribution in [3.63, 3.8) is 0 Å². The molecule has 0 aliphatic carbocycles. The van der Waals surface area contributed by atoms with Crippen molar-refractivity contribution in [2.45, 2.75) is 27.7 Å². The molecule has 7 nitrogen and oxygen atoms in total. The zero-order valence-electron chi connectivity index (χ0n) is 11.8. The van der Waals surface area contributed by atoms with Crippen molar-refractivity contribution >= 4 is 21.9 Å². The normalized spacial score (nSPS) is 12.5. The summed E-state index contributed by atoms with van der Waals surface area (Å²) in [6.45, 7) is 6.76. The second-order valence-electron chi connectivity index (χ2n) is 4.81. The average Bonchev–Trinajstić information content (AvgIpc) is 2.26. The molecule has 2 N–H and O–H groups in total. The standard InChI is InChI=1S/C11H22N2O5S/c1-5-13(6-2)19(17,18)7-9(14)12-8-11(3,4)10(15)16/h5-8H2,1-4H3,(H,12,14)(H,15,16). The van der Waals surface area contributed by atoms with Crippen LogP contribution < -0.4 is 5.32 Å². The van der Waals surface area contributed by atoms with Crippen LogP contribution in [0.15, 0.2) is 0 Å². The van der Waals surface area contributed by atoms with Crippen LogP contribution in [0.4, 0.5) is 0 Å². The van der Waals surface area contributed by atoms with Crippen LogP contribution in [-0.4, -0.2) is 55.1 Å². The number of nitrogens with zero attached hydrogens (tertiary/aromatic N) is 1. The maximum Gasteiger partial charge on any atom is 0.310 e. The van der Waals surface area contributed by atoms with Crippen molar-refractivity contribution in [1.82, 2.24) is 9.62 Å². The molecule has 0 aliphatic rings. The van der Waals surface area contributed by atoms with Gasteiger partial charge in [0.25, 0.3) is 0 Å². The van der Waals surface area contributed by atoms with Crippen LogP contribution in [0.5, 0.6) is 0 Å². The number of carbonyl (C=O) groups excluding carboxylic acids is 1. The smallest absolute Gasteiger partial charge is 0.310 e. The Bertz CT molecular complexity index is 426. The third kappa shape index (κ3) is 5.56. The third-order valence-corrected chi connectivity index (χ3v) is 4.65. The van der Waals surface area contributed by atoms with Crippen molar-refractivity contribution in [1.29, 1.82) is 0 Å². The summed E-state index contributed by atoms with van der Waals surface area (Å²) in [5.41, 5.74) is -1.13. The van der Waals surface area contributed by atoms with Gasteiger partial charge in [-0.3, -0.25) is 9.59 Å². The van der Waals surface area contributed by atoms with Gasteiger partial charge in [0.05, 0.1) is 5.41 Å². The quantitative estimate of drug-likeness (QED) is 0.650. The second kappa shape index (κ2) is 6.85. The molecule has 0 saturated heterocycles. The molecular formula is C11H22N2O5S. The van der Waals surface area contributed by atoms with E-state index in [-0.39, 0.29) is 6.54 Å². The molecular weight excluding hydrogens is 272 g/mol. The molecule has 1 amide bonds. The molecule has 8 heteroatoms. The zero-order chi connectivity index (χ0) is 15.3. The van der Waals surface area contributed by atoms with Crippen LogP contribution >= 0.6 is 0 Å². The molecule has 0 heterocycles. The van der Waals surface area contributed by atoms with E-state index in [1.165, 1.54) is 18.2 Å². The van der Waals surface area contributed by atoms with Gasteiger partial charge in [-0.1, -0.05) is 13.8 Å². The van der Waals surface area contributed by atoms with Gasteiger partial charge in [-0.15, -0.1) is 0 Å². The molecule has 112 valence electrons. The lowest BCUT2D eigenvalue weighted by molar-refractivity contribution is -0.146. The van der Waals surface area contributed by atoms with Crippen molar-refractivity contribution in [2.24, 2.45) is 5.41 Å². The van der Waals surface area contributed by atoms with Gasteiger partial charge in [0.1, 0.15) is 5.75 Å². The Morgan fingerprint density at radius 2 is 1.68 bits per heavy atom. The van der Waals surface area contributed by atoms with Crippen LogP contribution in [0, 0.1) is 5.41 Å². The summed E-state index contributed by atoms with van der Waals surface area (Å²) < 4.78 is 24.8. The maximum absolute atomic E-state index is 11.8. The number of aliphatic carboxylic acids is 1. The molecule has 0 aromatic carbocycles. The number of amides is 1. The minimum Gasteiger partial charge on any atom is -0.481 e. The molecule has 0 rings (SSSR count). The second-order valence-corrected chi connectivity index (χ2v) is 6.78. The van der Waals surface area contributed by atoms with E-state index in [0.29, 0.717) is 13.1 Å². The Morgan fingerprint density at radius 3 is 2.05 bits per heavy atom. The highest BCUT2D eigenvalue weighted by Gasteiger charge is 2.29. The highest BCUT2D eigenvalue weighted by molar-refractivity contribution is 7.89. The van der Waals surface area contributed by atoms with Gasteiger partial charge in [-0.05, 0) is 13.8 Å². The Labute approximate surface area is 114 Å². The van der Waals surface area contributed by atoms with E-state index < -0.39 is 33.1 Å². The number of sulfonamides is 1. The number of carbonyl (C=O) groups is 2. The van der Waals surface area contributed by atoms with Crippen molar-refractivity contribution in [2.75, 3.05) is 25.4 Å². The fraction of sp³-hybridized carbons (Fsp3) is 0.818. The maximum atomic E-state index is 11.8. The van der Waals surface area contributed by atoms with E-state index in [0.717, 1.165) is 0 Å². The first-order valence-corrected chi connectivity index (χ1v) is 7.65. The summed E-state index contributed by atoms with van der Waals surface area (Å²) >= 11 is 0. The SMILES string of the molecule is CCN(CC)S(=O)(=O)CC(=O)NCC(C)(C)C(=O)O. The van der Waals surface area contributed by atoms with Gasteiger partial charge in [0.15, 0.2) is 0 Å². The van der Waals surface area contributed by atoms with E-state index >= 15 is 0 Å². The number of rotatable bonds is 8. The minimum absolute atomic E-state index is 0.116. The average molecular weight is 294 g/mol. The lowest BCUT2D eigenvalue weighted by Gasteiger charge is -2.21. The number of carboxylic acid groups (broad SMARTS) is 1. The van der Waals surface area contributed by atoms with Crippen LogP contribution in [0.25, 0.3) is 0 Å². The Balaban J connectivity index is 4.53. The summed E-state index contributed by atoms with van der Waals surface area (Å²) in [6, 6.07) is 0. The molecule has 0 aromatic heterocycles. The van der Waals surface area contributed by atoms with E-state index in [9.17, 15) is 18.0 Å². The first kappa shape index (κ1) is 17.8. The molecule has 0 saturated carbocycles. The van der Waals surface area contributed by atoms with E-state index in [1.807, 2.05) is 0 Å². The molecule has 0 unspecified atom stereocenters. The topological polar surface area (TPSA) is 104 Å². The predicted octanol–water partition coefficient (Wildman–Crippen LogP) is -0.115. The largest absolute Gasteiger partial charge is 0.481 e. The van der Waals surface area contributed by atoms with Gasteiger partial charge in [0, 0.05) is 19.6 Å². The third-order valence-electron chi connectivity index (χ3n) is 2.72. The number of hydrogen-bond donors (Lipinski definition) is 2. The zero-order valence-corrected chi connectivity index (χ0v) is 12.6. The van der Waals surface area contributed by atoms with Gasteiger partial charge < -0.3 is 10.4 Å². The van der Waals surface area contributed by atoms with Gasteiger partial charge in [-0.25, -0.2) is 12.7 Å². The summed E-state index contributed by atoms with van der Waals surface area (Å²) in [4.78, 5) is 22.4. The van der Waals surface area contributed by atoms with Crippen molar-refractivity contribution < 1.29 is 23.1 Å². The van der Waals surface area contributed by atoms with E-state index in [2.05, 4.69) is 5.32 Å². The summed E-state index contributed by atoms with van der Waals surface area (Å²) in [7, 11) is -3.64. The van der Waals surface area contributed by atoms with Crippen molar-refractivity contribution in [3.8, 4) is 0 Å². The first-order valence-electron chi connectivity index (χ1n) is 6.04. The van der Waals surface area contributed by atoms with Gasteiger partial charge in [0.2, 0.25) is 15.9 Å². The van der Waals surface area contributed by atoms with Crippen molar-refractivity contribution in [3.05, 3.63) is 0 Å². The fourth-order valence-corrected chi connectivity index (χ4v) is 2.72. The summed E-state index contributed by atoms with van der Waals surface area (Å²) in [6.07, 6.45) is 0. The lowest BCUT2D eigenvalue weighted by atomic mass is 9.94. The van der Waals surface area contributed by atoms with E-state index in [1.54, 1.807) is 13.8 Å². The van der Waals surface area contributed by atoms with Gasteiger partial charge in [-0.2, -0.15) is 0 Å². The predicted molar refractivity (Wildman–Crippen MR) is 71.1 cm³/mol. The number of nitrogens with one attached hydrogen (secondary N) is 1. The molecule has 19 heavy (non-hydrogen) atoms. The number of carboxylic acids is 1. The fourth-order valence-electron chi connectivity index (χ4n) is 1.32. The molecule has 0 aliphatic heterocycles. The molecule has 0 fully saturated rings. The van der Waals surface area contributed by atoms with Crippen LogP contribution in [0.2, 0.25) is 0 Å². The Morgan fingerprint density at radius 1 is 1.21 bits per heavy atom. The lowest BCUT2D eigenvalue weighted by Crippen LogP contribution is -2.43. The van der Waals surface area contributed by atoms with Crippen LogP contribution in [-0.2, 0) is 19.6 Å². The highest BCUT2D eigenvalue weighted by Crippen LogP contribution is 2.13. The molecule has 0 bridgehead atoms. The summed E-state index contributed by atoms with van der Waals surface area (Å²) in [5, 5.41) is 11.2. The molecule has 0 spiro atoms. The molecule has 0 aromatic rings. The van der Waals surface area contributed by atoms with Crippen LogP contribution in [0.1, 0.15) is 27.7 Å². The van der Waals surface area contributed by atoms with Crippen LogP contribution in [0.3, 0.4) is 0 Å². The first-order chi connectivity index (χ1) is 8.56. The Kier molecular flexibility index (Phi) is 6.44. The monoisotopic (exact) mass is 294 g/mol. The molecule has 0 atom stereocenters. The Hall–Kier alpha value is -1.15. The summed E-state index contributed by atoms with van der Waals surface area (Å²) in [5.74, 6) is -2.41. The van der Waals surface area contributed by atoms with E-state index in [4.69, 9.17) is 5.11 Å². The molecule has 0 radical (unpaired) electrons. The number of hydrogen-bond acceptors (Lipinski definition) is 4.